The third kappa shape index (κ3) is 4.51. The second-order valence-corrected chi connectivity index (χ2v) is 8.11. The molecule has 1 fully saturated rings. The van der Waals surface area contributed by atoms with E-state index < -0.39 is 0 Å². The van der Waals surface area contributed by atoms with E-state index in [2.05, 4.69) is 0 Å². The summed E-state index contributed by atoms with van der Waals surface area (Å²) in [4.78, 5) is 17.8. The van der Waals surface area contributed by atoms with Crippen molar-refractivity contribution in [2.24, 2.45) is 0 Å². The summed E-state index contributed by atoms with van der Waals surface area (Å²) in [6.07, 6.45) is 2.09. The first-order chi connectivity index (χ1) is 13.7. The molecule has 2 aromatic carbocycles. The predicted octanol–water partition coefficient (Wildman–Crippen LogP) is 4.40. The Morgan fingerprint density at radius 2 is 2.04 bits per heavy atom. The van der Waals surface area contributed by atoms with Crippen LogP contribution in [0.1, 0.15) is 12.8 Å². The summed E-state index contributed by atoms with van der Waals surface area (Å²) in [6.45, 7) is 1.81. The van der Waals surface area contributed by atoms with Crippen LogP contribution in [0.2, 0.25) is 5.02 Å². The first kappa shape index (κ1) is 19.3. The van der Waals surface area contributed by atoms with Crippen LogP contribution in [0.5, 0.6) is 5.75 Å². The van der Waals surface area contributed by atoms with Crippen LogP contribution in [-0.4, -0.2) is 34.6 Å². The van der Waals surface area contributed by atoms with Crippen molar-refractivity contribution >= 4 is 34.3 Å². The molecule has 2 heterocycles. The Kier molecular flexibility index (Phi) is 6.20. The number of halogens is 1. The minimum Gasteiger partial charge on any atom is -0.493 e. The van der Waals surface area contributed by atoms with E-state index in [-0.39, 0.29) is 11.7 Å². The summed E-state index contributed by atoms with van der Waals surface area (Å²) >= 11 is 7.42. The van der Waals surface area contributed by atoms with Crippen molar-refractivity contribution in [1.82, 2.24) is 9.55 Å². The highest BCUT2D eigenvalue weighted by molar-refractivity contribution is 7.99. The lowest BCUT2D eigenvalue weighted by atomic mass is 10.2. The zero-order chi connectivity index (χ0) is 19.3. The van der Waals surface area contributed by atoms with Crippen LogP contribution in [-0.2, 0) is 11.3 Å². The molecule has 1 aromatic heterocycles. The molecule has 1 aliphatic rings. The number of thioether (sulfide) groups is 1. The Labute approximate surface area is 172 Å². The molecule has 0 aliphatic carbocycles. The van der Waals surface area contributed by atoms with Gasteiger partial charge in [-0.2, -0.15) is 0 Å². The van der Waals surface area contributed by atoms with Gasteiger partial charge in [-0.05, 0) is 49.2 Å². The van der Waals surface area contributed by atoms with Gasteiger partial charge in [0.05, 0.1) is 30.2 Å². The van der Waals surface area contributed by atoms with Crippen LogP contribution >= 0.6 is 23.4 Å². The molecule has 7 heteroatoms. The summed E-state index contributed by atoms with van der Waals surface area (Å²) in [7, 11) is 0. The van der Waals surface area contributed by atoms with Crippen LogP contribution in [0.4, 0.5) is 0 Å². The first-order valence-electron chi connectivity index (χ1n) is 9.33. The quantitative estimate of drug-likeness (QED) is 0.324. The number of rotatable bonds is 7. The van der Waals surface area contributed by atoms with Crippen molar-refractivity contribution in [2.75, 3.05) is 19.0 Å². The molecule has 28 heavy (non-hydrogen) atoms. The Morgan fingerprint density at radius 3 is 2.82 bits per heavy atom. The van der Waals surface area contributed by atoms with Crippen molar-refractivity contribution in [3.63, 3.8) is 0 Å². The maximum atomic E-state index is 13.0. The molecule has 0 radical (unpaired) electrons. The van der Waals surface area contributed by atoms with E-state index in [0.717, 1.165) is 30.7 Å². The number of aromatic nitrogens is 2. The molecule has 3 aromatic rings. The van der Waals surface area contributed by atoms with Crippen LogP contribution in [0, 0.1) is 0 Å². The van der Waals surface area contributed by atoms with Gasteiger partial charge in [-0.25, -0.2) is 4.98 Å². The lowest BCUT2D eigenvalue weighted by Gasteiger charge is -2.16. The highest BCUT2D eigenvalue weighted by atomic mass is 35.5. The highest BCUT2D eigenvalue weighted by Gasteiger charge is 2.20. The largest absolute Gasteiger partial charge is 0.493 e. The standard InChI is InChI=1S/C21H21ClN2O3S/c22-15-7-9-16(10-8-15)27-12-13-28-21-23-19-6-2-1-5-18(19)20(25)24(21)14-17-4-3-11-26-17/h1-2,5-10,17H,3-4,11-14H2/t17-/m0/s1. The van der Waals surface area contributed by atoms with E-state index in [1.165, 1.54) is 11.8 Å². The van der Waals surface area contributed by atoms with Gasteiger partial charge in [0.15, 0.2) is 5.16 Å². The van der Waals surface area contributed by atoms with Crippen LogP contribution in [0.15, 0.2) is 58.5 Å². The number of nitrogens with zero attached hydrogens (tertiary/aromatic N) is 2. The number of fused-ring (bicyclic) bond motifs is 1. The highest BCUT2D eigenvalue weighted by Crippen LogP contribution is 2.21. The smallest absolute Gasteiger partial charge is 0.262 e. The molecular weight excluding hydrogens is 396 g/mol. The monoisotopic (exact) mass is 416 g/mol. The molecule has 0 amide bonds. The molecule has 0 saturated carbocycles. The maximum absolute atomic E-state index is 13.0. The van der Waals surface area contributed by atoms with E-state index in [1.807, 2.05) is 36.4 Å². The number of hydrogen-bond acceptors (Lipinski definition) is 5. The summed E-state index contributed by atoms with van der Waals surface area (Å²) < 4.78 is 13.2. The van der Waals surface area contributed by atoms with Gasteiger partial charge >= 0.3 is 0 Å². The van der Waals surface area contributed by atoms with E-state index in [1.54, 1.807) is 16.7 Å². The number of para-hydroxylation sites is 1. The lowest BCUT2D eigenvalue weighted by molar-refractivity contribution is 0.0937. The van der Waals surface area contributed by atoms with Gasteiger partial charge in [-0.3, -0.25) is 9.36 Å². The zero-order valence-corrected chi connectivity index (χ0v) is 16.9. The first-order valence-corrected chi connectivity index (χ1v) is 10.7. The molecule has 1 saturated heterocycles. The van der Waals surface area contributed by atoms with Crippen LogP contribution in [0.25, 0.3) is 10.9 Å². The van der Waals surface area contributed by atoms with Gasteiger partial charge in [-0.1, -0.05) is 35.5 Å². The van der Waals surface area contributed by atoms with Gasteiger partial charge in [-0.15, -0.1) is 0 Å². The van der Waals surface area contributed by atoms with Crippen molar-refractivity contribution in [1.29, 1.82) is 0 Å². The van der Waals surface area contributed by atoms with Crippen LogP contribution in [0.3, 0.4) is 0 Å². The summed E-state index contributed by atoms with van der Waals surface area (Å²) in [5.74, 6) is 1.45. The molecule has 0 N–H and O–H groups in total. The maximum Gasteiger partial charge on any atom is 0.262 e. The fraction of sp³-hybridized carbons (Fsp3) is 0.333. The molecule has 4 rings (SSSR count). The molecule has 146 valence electrons. The van der Waals surface area contributed by atoms with Crippen molar-refractivity contribution in [3.8, 4) is 5.75 Å². The Balaban J connectivity index is 1.50. The van der Waals surface area contributed by atoms with Gasteiger partial charge < -0.3 is 9.47 Å². The third-order valence-corrected chi connectivity index (χ3v) is 5.83. The van der Waals surface area contributed by atoms with Gasteiger partial charge in [0, 0.05) is 17.4 Å². The van der Waals surface area contributed by atoms with Gasteiger partial charge in [0.1, 0.15) is 5.75 Å². The average molecular weight is 417 g/mol. The lowest BCUT2D eigenvalue weighted by Crippen LogP contribution is -2.29. The average Bonchev–Trinajstić information content (AvgIpc) is 3.22. The molecule has 0 unspecified atom stereocenters. The third-order valence-electron chi connectivity index (χ3n) is 4.63. The molecule has 1 aliphatic heterocycles. The topological polar surface area (TPSA) is 53.3 Å². The SMILES string of the molecule is O=c1c2ccccc2nc(SCCOc2ccc(Cl)cc2)n1C[C@@H]1CCCO1. The fourth-order valence-electron chi connectivity index (χ4n) is 3.23. The molecule has 0 bridgehead atoms. The second kappa shape index (κ2) is 8.99. The Morgan fingerprint density at radius 1 is 1.21 bits per heavy atom. The van der Waals surface area contributed by atoms with E-state index in [0.29, 0.717) is 34.5 Å². The normalized spacial score (nSPS) is 16.5. The molecular formula is C21H21ClN2O3S. The van der Waals surface area contributed by atoms with Crippen molar-refractivity contribution < 1.29 is 9.47 Å². The fourth-order valence-corrected chi connectivity index (χ4v) is 4.19. The Bertz CT molecular complexity index is 1000. The van der Waals surface area contributed by atoms with E-state index in [9.17, 15) is 4.79 Å². The van der Waals surface area contributed by atoms with Gasteiger partial charge in [0.2, 0.25) is 0 Å². The summed E-state index contributed by atoms with van der Waals surface area (Å²) in [5.41, 5.74) is 0.708. The number of benzene rings is 2. The molecule has 0 spiro atoms. The molecule has 5 nitrogen and oxygen atoms in total. The van der Waals surface area contributed by atoms with E-state index in [4.69, 9.17) is 26.1 Å². The minimum absolute atomic E-state index is 0.0118. The zero-order valence-electron chi connectivity index (χ0n) is 15.3. The Hall–Kier alpha value is -2.02. The minimum atomic E-state index is -0.0118. The second-order valence-electron chi connectivity index (χ2n) is 6.61. The summed E-state index contributed by atoms with van der Waals surface area (Å²) in [6, 6.07) is 14.8. The predicted molar refractivity (Wildman–Crippen MR) is 113 cm³/mol. The van der Waals surface area contributed by atoms with Crippen molar-refractivity contribution in [2.45, 2.75) is 30.6 Å². The van der Waals surface area contributed by atoms with Gasteiger partial charge in [0.25, 0.3) is 5.56 Å². The molecule has 1 atom stereocenters. The van der Waals surface area contributed by atoms with E-state index >= 15 is 0 Å². The summed E-state index contributed by atoms with van der Waals surface area (Å²) in [5, 5.41) is 2.03. The number of hydrogen-bond donors (Lipinski definition) is 0. The van der Waals surface area contributed by atoms with Crippen molar-refractivity contribution in [3.05, 3.63) is 63.9 Å². The van der Waals surface area contributed by atoms with Crippen LogP contribution < -0.4 is 10.3 Å². The number of ether oxygens (including phenoxy) is 2.